The molecule has 0 spiro atoms. The topological polar surface area (TPSA) is 52.6 Å². The van der Waals surface area contributed by atoms with E-state index in [1.54, 1.807) is 13.8 Å². The van der Waals surface area contributed by atoms with Crippen LogP contribution in [0, 0.1) is 0 Å². The van der Waals surface area contributed by atoms with Crippen LogP contribution in [0.25, 0.3) is 0 Å². The summed E-state index contributed by atoms with van der Waals surface area (Å²) in [5, 5.41) is 0. The van der Waals surface area contributed by atoms with Gasteiger partial charge in [0.25, 0.3) is 0 Å². The maximum absolute atomic E-state index is 10.8. The molecule has 18 heavy (non-hydrogen) atoms. The van der Waals surface area contributed by atoms with Crippen LogP contribution in [0.4, 0.5) is 0 Å². The van der Waals surface area contributed by atoms with Crippen LogP contribution in [0.15, 0.2) is 24.3 Å². The van der Waals surface area contributed by atoms with Crippen LogP contribution in [-0.2, 0) is 19.1 Å². The lowest BCUT2D eigenvalue weighted by atomic mass is 10.3. The predicted molar refractivity (Wildman–Crippen MR) is 72.1 cm³/mol. The van der Waals surface area contributed by atoms with Gasteiger partial charge in [-0.1, -0.05) is 32.9 Å². The van der Waals surface area contributed by atoms with Gasteiger partial charge >= 0.3 is 11.9 Å². The molecule has 0 aromatic rings. The van der Waals surface area contributed by atoms with E-state index in [4.69, 9.17) is 4.74 Å². The Bertz CT molecular complexity index is 292. The first-order chi connectivity index (χ1) is 8.36. The Kier molecular flexibility index (Phi) is 12.4. The molecule has 0 rings (SSSR count). The second-order valence-electron chi connectivity index (χ2n) is 3.90. The molecule has 0 saturated carbocycles. The molecule has 0 amide bonds. The summed E-state index contributed by atoms with van der Waals surface area (Å²) in [6.45, 7) is 12.7. The minimum absolute atomic E-state index is 0.277. The summed E-state index contributed by atoms with van der Waals surface area (Å²) in [7, 11) is 1.33. The Morgan fingerprint density at radius 3 is 1.78 bits per heavy atom. The van der Waals surface area contributed by atoms with Crippen LogP contribution in [0.1, 0.15) is 40.0 Å². The van der Waals surface area contributed by atoms with E-state index in [1.165, 1.54) is 7.11 Å². The van der Waals surface area contributed by atoms with Gasteiger partial charge in [-0.2, -0.15) is 0 Å². The molecule has 0 fully saturated rings. The van der Waals surface area contributed by atoms with Crippen molar-refractivity contribution in [2.75, 3.05) is 13.7 Å². The van der Waals surface area contributed by atoms with Gasteiger partial charge in [0.05, 0.1) is 13.7 Å². The molecule has 0 unspecified atom stereocenters. The zero-order valence-electron chi connectivity index (χ0n) is 11.9. The minimum Gasteiger partial charge on any atom is -0.466 e. The van der Waals surface area contributed by atoms with E-state index in [2.05, 4.69) is 24.8 Å². The molecule has 0 aromatic carbocycles. The van der Waals surface area contributed by atoms with Gasteiger partial charge in [0.2, 0.25) is 0 Å². The van der Waals surface area contributed by atoms with Crippen molar-refractivity contribution in [2.24, 2.45) is 0 Å². The molecule has 0 atom stereocenters. The van der Waals surface area contributed by atoms with Gasteiger partial charge in [-0.25, -0.2) is 9.59 Å². The lowest BCUT2D eigenvalue weighted by Gasteiger charge is -2.02. The Morgan fingerprint density at radius 1 is 1.00 bits per heavy atom. The third kappa shape index (κ3) is 12.5. The van der Waals surface area contributed by atoms with Crippen LogP contribution in [0.3, 0.4) is 0 Å². The molecule has 0 aliphatic heterocycles. The molecule has 0 N–H and O–H groups in total. The van der Waals surface area contributed by atoms with E-state index in [-0.39, 0.29) is 11.9 Å². The average molecular weight is 256 g/mol. The van der Waals surface area contributed by atoms with Crippen molar-refractivity contribution >= 4 is 11.9 Å². The van der Waals surface area contributed by atoms with Crippen molar-refractivity contribution in [1.29, 1.82) is 0 Å². The van der Waals surface area contributed by atoms with Crippen LogP contribution >= 0.6 is 0 Å². The highest BCUT2D eigenvalue weighted by molar-refractivity contribution is 5.87. The molecule has 4 nitrogen and oxygen atoms in total. The molecule has 0 aliphatic carbocycles. The van der Waals surface area contributed by atoms with E-state index in [9.17, 15) is 9.59 Å². The number of esters is 2. The van der Waals surface area contributed by atoms with Crippen molar-refractivity contribution in [2.45, 2.75) is 40.0 Å². The number of ether oxygens (including phenoxy) is 2. The van der Waals surface area contributed by atoms with Crippen molar-refractivity contribution in [3.63, 3.8) is 0 Å². The largest absolute Gasteiger partial charge is 0.466 e. The molecule has 0 bridgehead atoms. The van der Waals surface area contributed by atoms with Crippen LogP contribution in [0.5, 0.6) is 0 Å². The third-order valence-electron chi connectivity index (χ3n) is 1.86. The molecule has 0 radical (unpaired) electrons. The average Bonchev–Trinajstić information content (AvgIpc) is 2.33. The summed E-state index contributed by atoms with van der Waals surface area (Å²) in [6.07, 6.45) is 3.21. The lowest BCUT2D eigenvalue weighted by Crippen LogP contribution is -2.05. The number of rotatable bonds is 6. The second-order valence-corrected chi connectivity index (χ2v) is 3.90. The fourth-order valence-corrected chi connectivity index (χ4v) is 0.814. The fraction of sp³-hybridized carbons (Fsp3) is 0.571. The van der Waals surface area contributed by atoms with Gasteiger partial charge in [-0.3, -0.25) is 0 Å². The number of carbonyl (C=O) groups is 2. The quantitative estimate of drug-likeness (QED) is 0.416. The first-order valence-electron chi connectivity index (χ1n) is 5.93. The van der Waals surface area contributed by atoms with Crippen molar-refractivity contribution in [3.8, 4) is 0 Å². The van der Waals surface area contributed by atoms with E-state index in [0.717, 1.165) is 19.3 Å². The summed E-state index contributed by atoms with van der Waals surface area (Å²) in [5.74, 6) is -0.624. The summed E-state index contributed by atoms with van der Waals surface area (Å²) >= 11 is 0. The first kappa shape index (κ1) is 18.8. The second kappa shape index (κ2) is 11.9. The highest BCUT2D eigenvalue weighted by atomic mass is 16.5. The van der Waals surface area contributed by atoms with Crippen LogP contribution < -0.4 is 0 Å². The van der Waals surface area contributed by atoms with E-state index < -0.39 is 0 Å². The van der Waals surface area contributed by atoms with Crippen LogP contribution in [-0.4, -0.2) is 25.7 Å². The van der Waals surface area contributed by atoms with Gasteiger partial charge in [0, 0.05) is 11.1 Å². The highest BCUT2D eigenvalue weighted by Crippen LogP contribution is 1.97. The Balaban J connectivity index is 0. The minimum atomic E-state index is -0.347. The summed E-state index contributed by atoms with van der Waals surface area (Å²) in [4.78, 5) is 21.0. The number of carbonyl (C=O) groups excluding carboxylic acids is 2. The van der Waals surface area contributed by atoms with Crippen molar-refractivity contribution in [3.05, 3.63) is 24.3 Å². The molecule has 0 aliphatic rings. The molecule has 0 aromatic heterocycles. The predicted octanol–water partition coefficient (Wildman–Crippen LogP) is 3.03. The molecular formula is C14H24O4. The van der Waals surface area contributed by atoms with Gasteiger partial charge in [0.1, 0.15) is 0 Å². The van der Waals surface area contributed by atoms with E-state index in [0.29, 0.717) is 17.8 Å². The Hall–Kier alpha value is -1.58. The first-order valence-corrected chi connectivity index (χ1v) is 5.93. The van der Waals surface area contributed by atoms with E-state index in [1.807, 2.05) is 0 Å². The van der Waals surface area contributed by atoms with Crippen molar-refractivity contribution in [1.82, 2.24) is 0 Å². The number of hydrogen-bond donors (Lipinski definition) is 0. The van der Waals surface area contributed by atoms with Crippen LogP contribution in [0.2, 0.25) is 0 Å². The Labute approximate surface area is 110 Å². The fourth-order valence-electron chi connectivity index (χ4n) is 0.814. The smallest absolute Gasteiger partial charge is 0.333 e. The molecule has 4 heteroatoms. The Morgan fingerprint density at radius 2 is 1.50 bits per heavy atom. The molecule has 0 heterocycles. The van der Waals surface area contributed by atoms with E-state index >= 15 is 0 Å². The SMILES string of the molecule is C=C(C)C(=O)OC.C=C(C)C(=O)OCCCCC. The zero-order valence-corrected chi connectivity index (χ0v) is 11.9. The number of unbranched alkanes of at least 4 members (excludes halogenated alkanes) is 2. The van der Waals surface area contributed by atoms with Crippen molar-refractivity contribution < 1.29 is 19.1 Å². The van der Waals surface area contributed by atoms with Gasteiger partial charge in [-0.15, -0.1) is 0 Å². The normalized spacial score (nSPS) is 8.67. The third-order valence-corrected chi connectivity index (χ3v) is 1.86. The summed E-state index contributed by atoms with van der Waals surface area (Å²) in [6, 6.07) is 0. The number of methoxy groups -OCH3 is 1. The standard InChI is InChI=1S/C9H16O2.C5H8O2/c1-4-5-6-7-11-9(10)8(2)3;1-4(2)5(6)7-3/h2,4-7H2,1,3H3;1H2,2-3H3. The summed E-state index contributed by atoms with van der Waals surface area (Å²) in [5.41, 5.74) is 0.906. The maximum Gasteiger partial charge on any atom is 0.333 e. The van der Waals surface area contributed by atoms with Gasteiger partial charge in [0.15, 0.2) is 0 Å². The lowest BCUT2D eigenvalue weighted by molar-refractivity contribution is -0.139. The van der Waals surface area contributed by atoms with Gasteiger partial charge < -0.3 is 9.47 Å². The molecular weight excluding hydrogens is 232 g/mol. The molecule has 104 valence electrons. The zero-order chi connectivity index (χ0) is 14.6. The van der Waals surface area contributed by atoms with Gasteiger partial charge in [-0.05, 0) is 20.3 Å². The molecule has 0 saturated heterocycles. The summed E-state index contributed by atoms with van der Waals surface area (Å²) < 4.78 is 9.14. The number of hydrogen-bond acceptors (Lipinski definition) is 4. The maximum atomic E-state index is 10.8. The monoisotopic (exact) mass is 256 g/mol. The highest BCUT2D eigenvalue weighted by Gasteiger charge is 2.00.